The van der Waals surface area contributed by atoms with Gasteiger partial charge in [-0.05, 0) is 30.2 Å². The van der Waals surface area contributed by atoms with Crippen molar-refractivity contribution in [3.63, 3.8) is 0 Å². The van der Waals surface area contributed by atoms with Gasteiger partial charge in [-0.1, -0.05) is 60.7 Å². The highest BCUT2D eigenvalue weighted by Gasteiger charge is 2.14. The van der Waals surface area contributed by atoms with Crippen LogP contribution in [0.3, 0.4) is 0 Å². The molecule has 30 heavy (non-hydrogen) atoms. The molecule has 1 aromatic heterocycles. The molecular weight excluding hydrogens is 392 g/mol. The normalized spacial score (nSPS) is 11.8. The smallest absolute Gasteiger partial charge is 0.132 e. The fraction of sp³-hybridized carbons (Fsp3) is 0.160. The Morgan fingerprint density at radius 2 is 1.50 bits per heavy atom. The number of hydrogen-bond donors (Lipinski definition) is 1. The summed E-state index contributed by atoms with van der Waals surface area (Å²) in [6.07, 6.45) is 0. The number of nitrogens with zero attached hydrogens (tertiary/aromatic N) is 1. The van der Waals surface area contributed by atoms with E-state index in [2.05, 4.69) is 0 Å². The summed E-state index contributed by atoms with van der Waals surface area (Å²) in [7, 11) is 0. The third-order valence-corrected chi connectivity index (χ3v) is 5.67. The topological polar surface area (TPSA) is 57.4 Å². The number of thiazole rings is 1. The van der Waals surface area contributed by atoms with E-state index in [-0.39, 0.29) is 6.04 Å². The minimum atomic E-state index is -0.0917. The van der Waals surface area contributed by atoms with Gasteiger partial charge in [0.15, 0.2) is 0 Å². The summed E-state index contributed by atoms with van der Waals surface area (Å²) >= 11 is 1.56. The van der Waals surface area contributed by atoms with E-state index in [1.807, 2.05) is 91.2 Å². The van der Waals surface area contributed by atoms with Gasteiger partial charge in [-0.3, -0.25) is 0 Å². The largest absolute Gasteiger partial charge is 0.489 e. The number of hydrogen-bond acceptors (Lipinski definition) is 5. The molecular formula is C25H24N2O2S. The molecule has 5 heteroatoms. The van der Waals surface area contributed by atoms with Crippen LogP contribution in [0.2, 0.25) is 0 Å². The van der Waals surface area contributed by atoms with E-state index in [1.54, 1.807) is 11.3 Å². The predicted molar refractivity (Wildman–Crippen MR) is 122 cm³/mol. The molecule has 0 fully saturated rings. The molecule has 1 atom stereocenters. The van der Waals surface area contributed by atoms with Gasteiger partial charge < -0.3 is 15.2 Å². The summed E-state index contributed by atoms with van der Waals surface area (Å²) in [6.45, 7) is 2.92. The van der Waals surface area contributed by atoms with E-state index < -0.39 is 0 Å². The molecule has 0 spiro atoms. The molecule has 0 amide bonds. The third kappa shape index (κ3) is 5.06. The third-order valence-electron chi connectivity index (χ3n) is 4.63. The van der Waals surface area contributed by atoms with Crippen LogP contribution in [-0.2, 0) is 13.2 Å². The van der Waals surface area contributed by atoms with Crippen molar-refractivity contribution in [2.24, 2.45) is 5.73 Å². The zero-order valence-corrected chi connectivity index (χ0v) is 17.6. The van der Waals surface area contributed by atoms with Crippen molar-refractivity contribution in [2.45, 2.75) is 26.2 Å². The van der Waals surface area contributed by atoms with Gasteiger partial charge in [0.1, 0.15) is 29.7 Å². The molecule has 2 N–H and O–H groups in total. The quantitative estimate of drug-likeness (QED) is 0.383. The molecule has 1 heterocycles. The Bertz CT molecular complexity index is 1080. The van der Waals surface area contributed by atoms with Crippen LogP contribution in [-0.4, -0.2) is 4.98 Å². The second-order valence-electron chi connectivity index (χ2n) is 7.07. The van der Waals surface area contributed by atoms with Crippen LogP contribution in [0.25, 0.3) is 11.3 Å². The molecule has 0 saturated carbocycles. The van der Waals surface area contributed by atoms with Gasteiger partial charge in [0.2, 0.25) is 0 Å². The Hall–Kier alpha value is -3.15. The minimum Gasteiger partial charge on any atom is -0.489 e. The molecule has 0 aliphatic carbocycles. The lowest BCUT2D eigenvalue weighted by Gasteiger charge is -2.13. The number of aromatic nitrogens is 1. The minimum absolute atomic E-state index is 0.0917. The molecule has 4 aromatic rings. The van der Waals surface area contributed by atoms with E-state index in [0.717, 1.165) is 38.9 Å². The summed E-state index contributed by atoms with van der Waals surface area (Å²) in [5, 5.41) is 2.93. The summed E-state index contributed by atoms with van der Waals surface area (Å²) in [5.41, 5.74) is 10.0. The van der Waals surface area contributed by atoms with Crippen LogP contribution >= 0.6 is 11.3 Å². The molecule has 0 saturated heterocycles. The standard InChI is InChI=1S/C25H24N2O2S/c1-18(26)25-27-23(17-30-25)22-13-12-21(28-15-19-8-4-2-5-9-19)14-24(22)29-16-20-10-6-3-7-11-20/h2-14,17-18H,15-16,26H2,1H3. The molecule has 152 valence electrons. The monoisotopic (exact) mass is 416 g/mol. The summed E-state index contributed by atoms with van der Waals surface area (Å²) in [6, 6.07) is 26.0. The molecule has 3 aromatic carbocycles. The maximum absolute atomic E-state index is 6.19. The maximum atomic E-state index is 6.19. The maximum Gasteiger partial charge on any atom is 0.132 e. The lowest BCUT2D eigenvalue weighted by molar-refractivity contribution is 0.291. The predicted octanol–water partition coefficient (Wildman–Crippen LogP) is 5.99. The van der Waals surface area contributed by atoms with E-state index in [9.17, 15) is 0 Å². The average Bonchev–Trinajstić information content (AvgIpc) is 3.28. The fourth-order valence-electron chi connectivity index (χ4n) is 3.02. The van der Waals surface area contributed by atoms with Crippen LogP contribution in [0.4, 0.5) is 0 Å². The highest BCUT2D eigenvalue weighted by Crippen LogP contribution is 2.35. The van der Waals surface area contributed by atoms with Crippen LogP contribution in [0.5, 0.6) is 11.5 Å². The number of benzene rings is 3. The van der Waals surface area contributed by atoms with Crippen LogP contribution < -0.4 is 15.2 Å². The Morgan fingerprint density at radius 1 is 0.867 bits per heavy atom. The van der Waals surface area contributed by atoms with Gasteiger partial charge in [-0.2, -0.15) is 0 Å². The number of ether oxygens (including phenoxy) is 2. The van der Waals surface area contributed by atoms with E-state index >= 15 is 0 Å². The Kier molecular flexibility index (Phi) is 6.42. The molecule has 0 bridgehead atoms. The van der Waals surface area contributed by atoms with Crippen LogP contribution in [0.15, 0.2) is 84.2 Å². The van der Waals surface area contributed by atoms with Crippen molar-refractivity contribution < 1.29 is 9.47 Å². The summed E-state index contributed by atoms with van der Waals surface area (Å²) in [5.74, 6) is 1.50. The first-order valence-corrected chi connectivity index (χ1v) is 10.8. The summed E-state index contributed by atoms with van der Waals surface area (Å²) in [4.78, 5) is 4.69. The van der Waals surface area contributed by atoms with Gasteiger partial charge in [0, 0.05) is 17.0 Å². The molecule has 1 unspecified atom stereocenters. The van der Waals surface area contributed by atoms with Gasteiger partial charge in [-0.15, -0.1) is 11.3 Å². The molecule has 0 aliphatic heterocycles. The molecule has 0 radical (unpaired) electrons. The first kappa shape index (κ1) is 20.1. The molecule has 4 nitrogen and oxygen atoms in total. The number of nitrogens with two attached hydrogens (primary N) is 1. The second-order valence-corrected chi connectivity index (χ2v) is 7.96. The number of rotatable bonds is 8. The first-order valence-electron chi connectivity index (χ1n) is 9.88. The fourth-order valence-corrected chi connectivity index (χ4v) is 3.80. The average molecular weight is 417 g/mol. The lowest BCUT2D eigenvalue weighted by Crippen LogP contribution is -2.04. The van der Waals surface area contributed by atoms with E-state index in [1.165, 1.54) is 0 Å². The van der Waals surface area contributed by atoms with Gasteiger partial charge in [0.25, 0.3) is 0 Å². The Labute approximate surface area is 180 Å². The van der Waals surface area contributed by atoms with E-state index in [0.29, 0.717) is 13.2 Å². The highest BCUT2D eigenvalue weighted by molar-refractivity contribution is 7.10. The van der Waals surface area contributed by atoms with Crippen molar-refractivity contribution in [3.8, 4) is 22.8 Å². The van der Waals surface area contributed by atoms with Crippen LogP contribution in [0.1, 0.15) is 29.1 Å². The Balaban J connectivity index is 1.59. The zero-order chi connectivity index (χ0) is 20.8. The second kappa shape index (κ2) is 9.57. The first-order chi connectivity index (χ1) is 14.7. The summed E-state index contributed by atoms with van der Waals surface area (Å²) < 4.78 is 12.2. The van der Waals surface area contributed by atoms with Crippen LogP contribution in [0, 0.1) is 0 Å². The van der Waals surface area contributed by atoms with Gasteiger partial charge >= 0.3 is 0 Å². The Morgan fingerprint density at radius 3 is 2.10 bits per heavy atom. The SMILES string of the molecule is CC(N)c1nc(-c2ccc(OCc3ccccc3)cc2OCc2ccccc2)cs1. The zero-order valence-electron chi connectivity index (χ0n) is 16.8. The molecule has 0 aliphatic rings. The van der Waals surface area contributed by atoms with Gasteiger partial charge in [0.05, 0.1) is 11.7 Å². The lowest BCUT2D eigenvalue weighted by atomic mass is 10.1. The molecule has 4 rings (SSSR count). The van der Waals surface area contributed by atoms with Crippen molar-refractivity contribution in [1.29, 1.82) is 0 Å². The van der Waals surface area contributed by atoms with E-state index in [4.69, 9.17) is 20.2 Å². The van der Waals surface area contributed by atoms with Crippen molar-refractivity contribution in [1.82, 2.24) is 4.98 Å². The van der Waals surface area contributed by atoms with Crippen molar-refractivity contribution in [2.75, 3.05) is 0 Å². The van der Waals surface area contributed by atoms with Gasteiger partial charge in [-0.25, -0.2) is 4.98 Å². The van der Waals surface area contributed by atoms with Crippen molar-refractivity contribution in [3.05, 3.63) is 100 Å². The highest BCUT2D eigenvalue weighted by atomic mass is 32.1. The van der Waals surface area contributed by atoms with Crippen molar-refractivity contribution >= 4 is 11.3 Å².